The van der Waals surface area contributed by atoms with E-state index in [2.05, 4.69) is 9.88 Å². The number of rotatable bonds is 3. The first-order valence-electron chi connectivity index (χ1n) is 5.61. The zero-order chi connectivity index (χ0) is 12.4. The summed E-state index contributed by atoms with van der Waals surface area (Å²) in [5.41, 5.74) is 0.629. The molecule has 94 valence electrons. The highest BCUT2D eigenvalue weighted by molar-refractivity contribution is 7.13. The van der Waals surface area contributed by atoms with E-state index < -0.39 is 5.97 Å². The van der Waals surface area contributed by atoms with Gasteiger partial charge in [0.2, 0.25) is 0 Å². The van der Waals surface area contributed by atoms with Gasteiger partial charge in [-0.05, 0) is 13.8 Å². The standard InChI is InChI=1S/C11H16N2O3S/c1-7-4-13(5-8(2)16-7)11-12-9(6-17-11)3-10(14)15/h6-8H,3-5H2,1-2H3,(H,14,15). The average molecular weight is 256 g/mol. The van der Waals surface area contributed by atoms with Gasteiger partial charge in [0.05, 0.1) is 24.3 Å². The Bertz CT molecular complexity index is 397. The van der Waals surface area contributed by atoms with E-state index in [4.69, 9.17) is 9.84 Å². The predicted molar refractivity (Wildman–Crippen MR) is 65.7 cm³/mol. The number of carbonyl (C=O) groups is 1. The van der Waals surface area contributed by atoms with Crippen molar-refractivity contribution in [3.8, 4) is 0 Å². The van der Waals surface area contributed by atoms with Crippen molar-refractivity contribution in [1.82, 2.24) is 4.98 Å². The Hall–Kier alpha value is -1.14. The number of anilines is 1. The number of aromatic nitrogens is 1. The van der Waals surface area contributed by atoms with Gasteiger partial charge in [-0.25, -0.2) is 4.98 Å². The molecular weight excluding hydrogens is 240 g/mol. The summed E-state index contributed by atoms with van der Waals surface area (Å²) >= 11 is 1.50. The van der Waals surface area contributed by atoms with E-state index in [1.54, 1.807) is 0 Å². The fourth-order valence-electron chi connectivity index (χ4n) is 2.01. The molecule has 0 aromatic carbocycles. The molecule has 1 aliphatic heterocycles. The molecule has 1 fully saturated rings. The van der Waals surface area contributed by atoms with Crippen LogP contribution in [0.5, 0.6) is 0 Å². The third kappa shape index (κ3) is 3.17. The molecule has 2 rings (SSSR count). The van der Waals surface area contributed by atoms with E-state index in [0.717, 1.165) is 18.2 Å². The van der Waals surface area contributed by atoms with E-state index in [1.165, 1.54) is 11.3 Å². The lowest BCUT2D eigenvalue weighted by atomic mass is 10.2. The summed E-state index contributed by atoms with van der Waals surface area (Å²) in [6, 6.07) is 0. The molecule has 17 heavy (non-hydrogen) atoms. The second-order valence-corrected chi connectivity index (χ2v) is 5.19. The van der Waals surface area contributed by atoms with Crippen molar-refractivity contribution in [1.29, 1.82) is 0 Å². The monoisotopic (exact) mass is 256 g/mol. The zero-order valence-electron chi connectivity index (χ0n) is 9.92. The van der Waals surface area contributed by atoms with E-state index in [-0.39, 0.29) is 18.6 Å². The molecule has 1 aliphatic rings. The first kappa shape index (κ1) is 12.3. The number of hydrogen-bond acceptors (Lipinski definition) is 5. The van der Waals surface area contributed by atoms with Crippen molar-refractivity contribution in [2.24, 2.45) is 0 Å². The lowest BCUT2D eigenvalue weighted by Crippen LogP contribution is -2.45. The van der Waals surface area contributed by atoms with Gasteiger partial charge in [0.25, 0.3) is 0 Å². The third-order valence-corrected chi connectivity index (χ3v) is 3.51. The second kappa shape index (κ2) is 5.01. The minimum absolute atomic E-state index is 0.00799. The summed E-state index contributed by atoms with van der Waals surface area (Å²) in [6.45, 7) is 5.69. The van der Waals surface area contributed by atoms with Crippen LogP contribution in [0, 0.1) is 0 Å². The van der Waals surface area contributed by atoms with Gasteiger partial charge in [-0.1, -0.05) is 0 Å². The largest absolute Gasteiger partial charge is 0.481 e. The van der Waals surface area contributed by atoms with Crippen LogP contribution in [0.4, 0.5) is 5.13 Å². The van der Waals surface area contributed by atoms with Gasteiger partial charge in [0, 0.05) is 18.5 Å². The number of nitrogens with zero attached hydrogens (tertiary/aromatic N) is 2. The van der Waals surface area contributed by atoms with Crippen molar-refractivity contribution < 1.29 is 14.6 Å². The molecule has 0 bridgehead atoms. The zero-order valence-corrected chi connectivity index (χ0v) is 10.7. The van der Waals surface area contributed by atoms with Crippen LogP contribution in [0.1, 0.15) is 19.5 Å². The Labute approximate surface area is 104 Å². The number of carboxylic acid groups (broad SMARTS) is 1. The summed E-state index contributed by atoms with van der Waals surface area (Å²) in [4.78, 5) is 17.1. The van der Waals surface area contributed by atoms with E-state index in [1.807, 2.05) is 19.2 Å². The Morgan fingerprint density at radius 1 is 1.59 bits per heavy atom. The van der Waals surface area contributed by atoms with Gasteiger partial charge >= 0.3 is 5.97 Å². The van der Waals surface area contributed by atoms with Crippen LogP contribution in [0.25, 0.3) is 0 Å². The van der Waals surface area contributed by atoms with Crippen LogP contribution in [-0.2, 0) is 16.0 Å². The maximum Gasteiger partial charge on any atom is 0.309 e. The van der Waals surface area contributed by atoms with Crippen molar-refractivity contribution in [3.05, 3.63) is 11.1 Å². The molecule has 1 N–H and O–H groups in total. The Balaban J connectivity index is 2.06. The molecule has 0 aliphatic carbocycles. The van der Waals surface area contributed by atoms with Crippen molar-refractivity contribution in [2.45, 2.75) is 32.5 Å². The number of morpholine rings is 1. The van der Waals surface area contributed by atoms with Gasteiger partial charge in [0.15, 0.2) is 5.13 Å². The topological polar surface area (TPSA) is 62.7 Å². The van der Waals surface area contributed by atoms with Crippen LogP contribution >= 0.6 is 11.3 Å². The van der Waals surface area contributed by atoms with Gasteiger partial charge in [-0.2, -0.15) is 0 Å². The first-order chi connectivity index (χ1) is 8.04. The highest BCUT2D eigenvalue weighted by Crippen LogP contribution is 2.24. The number of carboxylic acids is 1. The summed E-state index contributed by atoms with van der Waals surface area (Å²) in [5.74, 6) is -0.842. The van der Waals surface area contributed by atoms with Crippen molar-refractivity contribution in [3.63, 3.8) is 0 Å². The van der Waals surface area contributed by atoms with Gasteiger partial charge in [-0.15, -0.1) is 11.3 Å². The van der Waals surface area contributed by atoms with Crippen LogP contribution < -0.4 is 4.90 Å². The maximum absolute atomic E-state index is 10.6. The van der Waals surface area contributed by atoms with Crippen LogP contribution in [0.3, 0.4) is 0 Å². The molecule has 5 nitrogen and oxygen atoms in total. The lowest BCUT2D eigenvalue weighted by molar-refractivity contribution is -0.136. The quantitative estimate of drug-likeness (QED) is 0.885. The second-order valence-electron chi connectivity index (χ2n) is 4.35. The summed E-state index contributed by atoms with van der Waals surface area (Å²) < 4.78 is 5.65. The van der Waals surface area contributed by atoms with Crippen LogP contribution in [0.15, 0.2) is 5.38 Å². The third-order valence-electron chi connectivity index (χ3n) is 2.56. The van der Waals surface area contributed by atoms with E-state index in [9.17, 15) is 4.79 Å². The molecule has 2 heterocycles. The number of thiazole rings is 1. The summed E-state index contributed by atoms with van der Waals surface area (Å²) in [5, 5.41) is 11.4. The molecule has 2 atom stereocenters. The molecule has 1 saturated heterocycles. The first-order valence-corrected chi connectivity index (χ1v) is 6.49. The van der Waals surface area contributed by atoms with Gasteiger partial charge in [0.1, 0.15) is 0 Å². The summed E-state index contributed by atoms with van der Waals surface area (Å²) in [7, 11) is 0. The van der Waals surface area contributed by atoms with Crippen molar-refractivity contribution >= 4 is 22.4 Å². The summed E-state index contributed by atoms with van der Waals surface area (Å²) in [6.07, 6.45) is 0.363. The molecule has 1 aromatic rings. The van der Waals surface area contributed by atoms with Crippen molar-refractivity contribution in [2.75, 3.05) is 18.0 Å². The van der Waals surface area contributed by atoms with Crippen LogP contribution in [-0.4, -0.2) is 41.4 Å². The molecule has 0 saturated carbocycles. The predicted octanol–water partition coefficient (Wildman–Crippen LogP) is 1.38. The average Bonchev–Trinajstić information content (AvgIpc) is 2.63. The smallest absolute Gasteiger partial charge is 0.309 e. The fourth-order valence-corrected chi connectivity index (χ4v) is 2.86. The highest BCUT2D eigenvalue weighted by Gasteiger charge is 2.24. The minimum atomic E-state index is -0.842. The van der Waals surface area contributed by atoms with E-state index in [0.29, 0.717) is 5.69 Å². The molecular formula is C11H16N2O3S. The minimum Gasteiger partial charge on any atom is -0.481 e. The Morgan fingerprint density at radius 2 is 2.24 bits per heavy atom. The van der Waals surface area contributed by atoms with Crippen LogP contribution in [0.2, 0.25) is 0 Å². The molecule has 6 heteroatoms. The number of hydrogen-bond donors (Lipinski definition) is 1. The normalized spacial score (nSPS) is 24.9. The lowest BCUT2D eigenvalue weighted by Gasteiger charge is -2.35. The van der Waals surface area contributed by atoms with Gasteiger partial charge < -0.3 is 14.7 Å². The molecule has 1 aromatic heterocycles. The van der Waals surface area contributed by atoms with E-state index >= 15 is 0 Å². The maximum atomic E-state index is 10.6. The SMILES string of the molecule is CC1CN(c2nc(CC(=O)O)cs2)CC(C)O1. The number of aliphatic carboxylic acids is 1. The Kier molecular flexibility index (Phi) is 3.63. The molecule has 2 unspecified atom stereocenters. The highest BCUT2D eigenvalue weighted by atomic mass is 32.1. The molecule has 0 radical (unpaired) electrons. The Morgan fingerprint density at radius 3 is 2.82 bits per heavy atom. The molecule has 0 amide bonds. The van der Waals surface area contributed by atoms with Gasteiger partial charge in [-0.3, -0.25) is 4.79 Å². The number of ether oxygens (including phenoxy) is 1. The fraction of sp³-hybridized carbons (Fsp3) is 0.636. The molecule has 0 spiro atoms.